The molecule has 0 unspecified atom stereocenters. The van der Waals surface area contributed by atoms with Crippen LogP contribution in [0.2, 0.25) is 0 Å². The number of aromatic nitrogens is 3. The van der Waals surface area contributed by atoms with Gasteiger partial charge in [0, 0.05) is 41.9 Å². The molecule has 7 heteroatoms. The van der Waals surface area contributed by atoms with Crippen LogP contribution < -0.4 is 5.32 Å². The lowest BCUT2D eigenvalue weighted by molar-refractivity contribution is 0.0940. The molecule has 1 N–H and O–H groups in total. The number of hydrogen-bond acceptors (Lipinski definition) is 3. The second-order valence-electron chi connectivity index (χ2n) is 5.22. The maximum absolute atomic E-state index is 14.3. The van der Waals surface area contributed by atoms with Gasteiger partial charge in [0.25, 0.3) is 5.91 Å². The van der Waals surface area contributed by atoms with Gasteiger partial charge in [-0.05, 0) is 28.1 Å². The number of benzene rings is 1. The minimum absolute atomic E-state index is 0.350. The van der Waals surface area contributed by atoms with Crippen molar-refractivity contribution in [2.45, 2.75) is 6.04 Å². The molecule has 5 nitrogen and oxygen atoms in total. The van der Waals surface area contributed by atoms with E-state index in [9.17, 15) is 9.18 Å². The highest BCUT2D eigenvalue weighted by Crippen LogP contribution is 2.23. The maximum Gasteiger partial charge on any atom is 0.253 e. The zero-order valence-electron chi connectivity index (χ0n) is 12.8. The summed E-state index contributed by atoms with van der Waals surface area (Å²) in [4.78, 5) is 20.8. The summed E-state index contributed by atoms with van der Waals surface area (Å²) in [6.07, 6.45) is 6.40. The van der Waals surface area contributed by atoms with Gasteiger partial charge >= 0.3 is 0 Å². The molecule has 0 fully saturated rings. The molecule has 0 spiro atoms. The van der Waals surface area contributed by atoms with Gasteiger partial charge in [-0.3, -0.25) is 9.78 Å². The van der Waals surface area contributed by atoms with Gasteiger partial charge in [0.05, 0.1) is 5.56 Å². The average Bonchev–Trinajstić information content (AvgIpc) is 2.99. The molecule has 0 radical (unpaired) electrons. The molecule has 1 aromatic carbocycles. The highest BCUT2D eigenvalue weighted by atomic mass is 79.9. The highest BCUT2D eigenvalue weighted by molar-refractivity contribution is 9.10. The normalized spacial score (nSPS) is 12.0. The van der Waals surface area contributed by atoms with E-state index in [0.717, 1.165) is 0 Å². The number of nitrogens with one attached hydrogen (secondary N) is 1. The van der Waals surface area contributed by atoms with Crippen molar-refractivity contribution in [1.82, 2.24) is 19.9 Å². The lowest BCUT2D eigenvalue weighted by Gasteiger charge is -2.19. The van der Waals surface area contributed by atoms with Crippen LogP contribution in [-0.4, -0.2) is 20.4 Å². The number of pyridine rings is 1. The van der Waals surface area contributed by atoms with Crippen molar-refractivity contribution in [2.75, 3.05) is 0 Å². The van der Waals surface area contributed by atoms with Crippen molar-refractivity contribution in [3.05, 3.63) is 82.4 Å². The Morgan fingerprint density at radius 3 is 2.79 bits per heavy atom. The molecule has 0 aliphatic rings. The van der Waals surface area contributed by atoms with Crippen molar-refractivity contribution in [3.8, 4) is 0 Å². The van der Waals surface area contributed by atoms with Gasteiger partial charge in [-0.25, -0.2) is 9.37 Å². The summed E-state index contributed by atoms with van der Waals surface area (Å²) in [6, 6.07) is 7.26. The Labute approximate surface area is 146 Å². The van der Waals surface area contributed by atoms with E-state index >= 15 is 0 Å². The lowest BCUT2D eigenvalue weighted by atomic mass is 10.0. The number of imidazole rings is 1. The third-order valence-corrected chi connectivity index (χ3v) is 4.01. The van der Waals surface area contributed by atoms with Crippen LogP contribution in [0.3, 0.4) is 0 Å². The Balaban J connectivity index is 1.98. The molecule has 122 valence electrons. The molecule has 1 amide bonds. The molecule has 0 aliphatic carbocycles. The number of halogens is 2. The second kappa shape index (κ2) is 6.92. The minimum atomic E-state index is -0.710. The van der Waals surface area contributed by atoms with Crippen molar-refractivity contribution >= 4 is 21.8 Å². The van der Waals surface area contributed by atoms with Crippen molar-refractivity contribution < 1.29 is 9.18 Å². The molecule has 0 aliphatic heterocycles. The summed E-state index contributed by atoms with van der Waals surface area (Å²) in [5.74, 6) is -0.227. The zero-order valence-corrected chi connectivity index (χ0v) is 14.4. The molecule has 0 saturated heterocycles. The number of nitrogens with zero attached hydrogens (tertiary/aromatic N) is 3. The molecule has 3 rings (SSSR count). The molecule has 24 heavy (non-hydrogen) atoms. The molecule has 0 bridgehead atoms. The van der Waals surface area contributed by atoms with E-state index < -0.39 is 11.9 Å². The summed E-state index contributed by atoms with van der Waals surface area (Å²) in [5.41, 5.74) is 0.725. The van der Waals surface area contributed by atoms with Crippen molar-refractivity contribution in [1.29, 1.82) is 0 Å². The largest absolute Gasteiger partial charge is 0.338 e. The quantitative estimate of drug-likeness (QED) is 0.746. The number of hydrogen-bond donors (Lipinski definition) is 1. The Morgan fingerprint density at radius 1 is 1.33 bits per heavy atom. The van der Waals surface area contributed by atoms with Crippen LogP contribution in [-0.2, 0) is 7.05 Å². The summed E-state index contributed by atoms with van der Waals surface area (Å²) in [6.45, 7) is 0. The number of rotatable bonds is 4. The molecule has 2 aromatic heterocycles. The summed E-state index contributed by atoms with van der Waals surface area (Å²) >= 11 is 3.28. The van der Waals surface area contributed by atoms with Crippen LogP contribution >= 0.6 is 15.9 Å². The van der Waals surface area contributed by atoms with E-state index in [-0.39, 0.29) is 5.91 Å². The standard InChI is InChI=1S/C17H14BrFN4O/c1-23-7-6-21-16(23)15(13-4-2-3-5-14(13)19)22-17(24)11-8-12(18)10-20-9-11/h2-10,15H,1H3,(H,22,24)/t15-/m0/s1. The van der Waals surface area contributed by atoms with Crippen molar-refractivity contribution in [3.63, 3.8) is 0 Å². The molecular weight excluding hydrogens is 375 g/mol. The van der Waals surface area contributed by atoms with Gasteiger partial charge in [-0.2, -0.15) is 0 Å². The fourth-order valence-corrected chi connectivity index (χ4v) is 2.76. The van der Waals surface area contributed by atoms with Crippen LogP contribution in [0.15, 0.2) is 59.6 Å². The number of carbonyl (C=O) groups excluding carboxylic acids is 1. The van der Waals surface area contributed by atoms with Crippen LogP contribution in [0.5, 0.6) is 0 Å². The monoisotopic (exact) mass is 388 g/mol. The van der Waals surface area contributed by atoms with Gasteiger partial charge in [0.2, 0.25) is 0 Å². The van der Waals surface area contributed by atoms with Crippen LogP contribution in [0.25, 0.3) is 0 Å². The maximum atomic E-state index is 14.3. The first-order valence-electron chi connectivity index (χ1n) is 7.19. The summed E-state index contributed by atoms with van der Waals surface area (Å²) in [7, 11) is 1.79. The third-order valence-electron chi connectivity index (χ3n) is 3.58. The van der Waals surface area contributed by atoms with Gasteiger partial charge in [-0.15, -0.1) is 0 Å². The molecule has 3 aromatic rings. The van der Waals surface area contributed by atoms with Crippen LogP contribution in [0.4, 0.5) is 4.39 Å². The fraction of sp³-hybridized carbons (Fsp3) is 0.118. The third kappa shape index (κ3) is 3.35. The number of aryl methyl sites for hydroxylation is 1. The minimum Gasteiger partial charge on any atom is -0.338 e. The zero-order chi connectivity index (χ0) is 17.1. The molecule has 2 heterocycles. The first-order chi connectivity index (χ1) is 11.6. The van der Waals surface area contributed by atoms with E-state index in [1.807, 2.05) is 0 Å². The van der Waals surface area contributed by atoms with E-state index in [1.165, 1.54) is 12.3 Å². The smallest absolute Gasteiger partial charge is 0.253 e. The number of carbonyl (C=O) groups is 1. The highest BCUT2D eigenvalue weighted by Gasteiger charge is 2.24. The molecule has 0 saturated carbocycles. The Kier molecular flexibility index (Phi) is 4.71. The Morgan fingerprint density at radius 2 is 2.12 bits per heavy atom. The first kappa shape index (κ1) is 16.3. The van der Waals surface area contributed by atoms with Crippen LogP contribution in [0, 0.1) is 5.82 Å². The van der Waals surface area contributed by atoms with E-state index in [4.69, 9.17) is 0 Å². The average molecular weight is 389 g/mol. The van der Waals surface area contributed by atoms with Gasteiger partial charge in [-0.1, -0.05) is 18.2 Å². The van der Waals surface area contributed by atoms with E-state index in [0.29, 0.717) is 21.4 Å². The van der Waals surface area contributed by atoms with E-state index in [1.54, 1.807) is 54.5 Å². The summed E-state index contributed by atoms with van der Waals surface area (Å²) < 4.78 is 16.7. The Hall–Kier alpha value is -2.54. The SMILES string of the molecule is Cn1ccnc1[C@@H](NC(=O)c1cncc(Br)c1)c1ccccc1F. The number of amides is 1. The second-order valence-corrected chi connectivity index (χ2v) is 6.13. The van der Waals surface area contributed by atoms with Gasteiger partial charge in [0.1, 0.15) is 17.7 Å². The topological polar surface area (TPSA) is 59.8 Å². The predicted octanol–water partition coefficient (Wildman–Crippen LogP) is 3.24. The Bertz CT molecular complexity index is 880. The fourth-order valence-electron chi connectivity index (χ4n) is 2.40. The van der Waals surface area contributed by atoms with Crippen molar-refractivity contribution in [2.24, 2.45) is 7.05 Å². The summed E-state index contributed by atoms with van der Waals surface area (Å²) in [5, 5.41) is 2.84. The first-order valence-corrected chi connectivity index (χ1v) is 7.98. The van der Waals surface area contributed by atoms with Crippen LogP contribution in [0.1, 0.15) is 27.8 Å². The van der Waals surface area contributed by atoms with Gasteiger partial charge in [0.15, 0.2) is 0 Å². The molecular formula is C17H14BrFN4O. The predicted molar refractivity (Wildman–Crippen MR) is 90.9 cm³/mol. The molecule has 1 atom stereocenters. The lowest BCUT2D eigenvalue weighted by Crippen LogP contribution is -2.31. The van der Waals surface area contributed by atoms with E-state index in [2.05, 4.69) is 31.2 Å². The van der Waals surface area contributed by atoms with Gasteiger partial charge < -0.3 is 9.88 Å².